The minimum absolute atomic E-state index is 0.0203. The van der Waals surface area contributed by atoms with Crippen LogP contribution in [0.3, 0.4) is 0 Å². The Balaban J connectivity index is 1.47. The number of benzene rings is 1. The highest BCUT2D eigenvalue weighted by Gasteiger charge is 2.31. The third-order valence-corrected chi connectivity index (χ3v) is 6.04. The molecule has 1 aromatic carbocycles. The van der Waals surface area contributed by atoms with E-state index in [2.05, 4.69) is 30.8 Å². The van der Waals surface area contributed by atoms with Crippen LogP contribution in [0.5, 0.6) is 0 Å². The molecule has 0 saturated carbocycles. The summed E-state index contributed by atoms with van der Waals surface area (Å²) in [5, 5.41) is 14.1. The first kappa shape index (κ1) is 25.5. The SMILES string of the molecule is CN1CC/C(=N\c2cccc3c2cc(-c2noc(CNC(=O)c4cn(C)nn4)n2)n3CC(F)(F)F)[C@@H](F)C1. The first-order valence-electron chi connectivity index (χ1n) is 11.6. The molecule has 0 bridgehead atoms. The second kappa shape index (κ2) is 9.96. The van der Waals surface area contributed by atoms with Crippen molar-refractivity contribution in [2.75, 3.05) is 20.1 Å². The van der Waals surface area contributed by atoms with Crippen molar-refractivity contribution in [2.24, 2.45) is 12.0 Å². The van der Waals surface area contributed by atoms with Gasteiger partial charge in [0.2, 0.25) is 11.7 Å². The highest BCUT2D eigenvalue weighted by molar-refractivity contribution is 5.99. The van der Waals surface area contributed by atoms with Crippen molar-refractivity contribution in [1.82, 2.24) is 39.9 Å². The Morgan fingerprint density at radius 1 is 1.29 bits per heavy atom. The number of nitrogens with one attached hydrogen (secondary N) is 1. The fraction of sp³-hybridized carbons (Fsp3) is 0.391. The minimum Gasteiger partial charge on any atom is -0.342 e. The number of aromatic nitrogens is 6. The van der Waals surface area contributed by atoms with E-state index in [0.29, 0.717) is 29.8 Å². The number of likely N-dealkylation sites (tertiary alicyclic amines) is 1. The molecule has 38 heavy (non-hydrogen) atoms. The molecule has 1 N–H and O–H groups in total. The molecule has 0 aliphatic carbocycles. The predicted molar refractivity (Wildman–Crippen MR) is 128 cm³/mol. The van der Waals surface area contributed by atoms with Crippen molar-refractivity contribution in [1.29, 1.82) is 0 Å². The zero-order chi connectivity index (χ0) is 27.0. The molecule has 1 aliphatic heterocycles. The standard InChI is InChI=1S/C23H23F4N9O2/c1-34-7-6-16(14(24)10-34)29-15-4-3-5-18-13(15)8-19(36(18)12-23(25,26)27)21-30-20(38-32-21)9-28-22(37)17-11-35(2)33-31-17/h3-5,8,11,14H,6-7,9-10,12H2,1-2H3,(H,28,37)/b29-16+/t14-/m0/s1. The predicted octanol–water partition coefficient (Wildman–Crippen LogP) is 3.06. The fourth-order valence-corrected chi connectivity index (χ4v) is 4.24. The first-order valence-corrected chi connectivity index (χ1v) is 11.6. The van der Waals surface area contributed by atoms with E-state index >= 15 is 0 Å². The van der Waals surface area contributed by atoms with E-state index in [4.69, 9.17) is 4.52 Å². The molecule has 1 fully saturated rings. The third-order valence-electron chi connectivity index (χ3n) is 6.04. The Hall–Kier alpha value is -4.14. The number of rotatable bonds is 6. The second-order valence-electron chi connectivity index (χ2n) is 9.00. The molecule has 4 aromatic rings. The summed E-state index contributed by atoms with van der Waals surface area (Å²) in [5.41, 5.74) is 1.06. The van der Waals surface area contributed by atoms with Gasteiger partial charge < -0.3 is 19.3 Å². The van der Waals surface area contributed by atoms with Crippen LogP contribution in [0.4, 0.5) is 23.2 Å². The van der Waals surface area contributed by atoms with E-state index in [-0.39, 0.29) is 41.7 Å². The van der Waals surface area contributed by atoms with Crippen molar-refractivity contribution < 1.29 is 26.9 Å². The topological polar surface area (TPSA) is 119 Å². The molecule has 1 saturated heterocycles. The van der Waals surface area contributed by atoms with Crippen LogP contribution in [0.2, 0.25) is 0 Å². The average Bonchev–Trinajstić information content (AvgIpc) is 3.58. The molecule has 0 unspecified atom stereocenters. The van der Waals surface area contributed by atoms with Crippen LogP contribution in [0.15, 0.2) is 40.0 Å². The molecule has 0 spiro atoms. The van der Waals surface area contributed by atoms with Crippen molar-refractivity contribution in [3.8, 4) is 11.5 Å². The Kier molecular flexibility index (Phi) is 6.69. The van der Waals surface area contributed by atoms with E-state index in [9.17, 15) is 22.4 Å². The number of aryl methyl sites for hydroxylation is 1. The van der Waals surface area contributed by atoms with Gasteiger partial charge in [0.15, 0.2) is 11.9 Å². The maximum Gasteiger partial charge on any atom is 0.406 e. The van der Waals surface area contributed by atoms with Crippen molar-refractivity contribution in [3.05, 3.63) is 42.0 Å². The highest BCUT2D eigenvalue weighted by atomic mass is 19.4. The van der Waals surface area contributed by atoms with Gasteiger partial charge in [-0.2, -0.15) is 18.2 Å². The molecular formula is C23H23F4N9O2. The van der Waals surface area contributed by atoms with Gasteiger partial charge in [-0.3, -0.25) is 14.5 Å². The van der Waals surface area contributed by atoms with Crippen molar-refractivity contribution >= 4 is 28.2 Å². The van der Waals surface area contributed by atoms with Crippen LogP contribution in [-0.4, -0.2) is 78.7 Å². The molecule has 200 valence electrons. The van der Waals surface area contributed by atoms with E-state index in [1.54, 1.807) is 19.2 Å². The molecule has 0 radical (unpaired) electrons. The van der Waals surface area contributed by atoms with E-state index in [0.717, 1.165) is 4.57 Å². The summed E-state index contributed by atoms with van der Waals surface area (Å²) in [5.74, 6) is -0.656. The number of alkyl halides is 4. The molecule has 11 nitrogen and oxygen atoms in total. The summed E-state index contributed by atoms with van der Waals surface area (Å²) in [6.45, 7) is -0.647. The smallest absolute Gasteiger partial charge is 0.342 e. The summed E-state index contributed by atoms with van der Waals surface area (Å²) in [6, 6.07) is 6.21. The number of fused-ring (bicyclic) bond motifs is 1. The lowest BCUT2D eigenvalue weighted by atomic mass is 10.1. The maximum absolute atomic E-state index is 14.6. The zero-order valence-electron chi connectivity index (χ0n) is 20.4. The third kappa shape index (κ3) is 5.41. The van der Waals surface area contributed by atoms with Crippen LogP contribution in [0, 0.1) is 0 Å². The molecule has 4 heterocycles. The van der Waals surface area contributed by atoms with Crippen LogP contribution >= 0.6 is 0 Å². The normalized spacial score (nSPS) is 17.9. The van der Waals surface area contributed by atoms with Crippen LogP contribution in [0.25, 0.3) is 22.4 Å². The summed E-state index contributed by atoms with van der Waals surface area (Å²) in [6.07, 6.45) is -3.98. The van der Waals surface area contributed by atoms with E-state index in [1.807, 2.05) is 11.9 Å². The number of hydrogen-bond donors (Lipinski definition) is 1. The number of amides is 1. The molecule has 1 atom stereocenters. The Morgan fingerprint density at radius 2 is 2.11 bits per heavy atom. The highest BCUT2D eigenvalue weighted by Crippen LogP contribution is 2.35. The fourth-order valence-electron chi connectivity index (χ4n) is 4.24. The van der Waals surface area contributed by atoms with E-state index in [1.165, 1.54) is 23.0 Å². The van der Waals surface area contributed by atoms with Crippen molar-refractivity contribution in [3.63, 3.8) is 0 Å². The monoisotopic (exact) mass is 533 g/mol. The van der Waals surface area contributed by atoms with Gasteiger partial charge in [-0.25, -0.2) is 4.39 Å². The van der Waals surface area contributed by atoms with Gasteiger partial charge in [-0.05, 0) is 25.2 Å². The van der Waals surface area contributed by atoms with Crippen LogP contribution in [0.1, 0.15) is 22.8 Å². The van der Waals surface area contributed by atoms with Crippen LogP contribution < -0.4 is 5.32 Å². The lowest BCUT2D eigenvalue weighted by molar-refractivity contribution is -0.139. The van der Waals surface area contributed by atoms with Gasteiger partial charge in [0, 0.05) is 31.9 Å². The lowest BCUT2D eigenvalue weighted by Gasteiger charge is -2.26. The van der Waals surface area contributed by atoms with Crippen molar-refractivity contribution in [2.45, 2.75) is 31.9 Å². The Labute approximate surface area is 213 Å². The average molecular weight is 533 g/mol. The van der Waals surface area contributed by atoms with E-state index < -0.39 is 24.8 Å². The number of carbonyl (C=O) groups excluding carboxylic acids is 1. The van der Waals surface area contributed by atoms with Gasteiger partial charge >= 0.3 is 6.18 Å². The van der Waals surface area contributed by atoms with Gasteiger partial charge in [0.05, 0.1) is 35.4 Å². The Bertz CT molecular complexity index is 1500. The second-order valence-corrected chi connectivity index (χ2v) is 9.00. The zero-order valence-corrected chi connectivity index (χ0v) is 20.4. The number of piperidine rings is 1. The number of halogens is 4. The lowest BCUT2D eigenvalue weighted by Crippen LogP contribution is -2.39. The molecule has 1 amide bonds. The summed E-state index contributed by atoms with van der Waals surface area (Å²) in [4.78, 5) is 22.7. The maximum atomic E-state index is 14.6. The molecular weight excluding hydrogens is 510 g/mol. The quantitative estimate of drug-likeness (QED) is 0.379. The van der Waals surface area contributed by atoms with Crippen LogP contribution in [-0.2, 0) is 20.1 Å². The molecule has 3 aromatic heterocycles. The Morgan fingerprint density at radius 3 is 2.82 bits per heavy atom. The molecule has 1 aliphatic rings. The number of nitrogens with zero attached hydrogens (tertiary/aromatic N) is 8. The molecule has 15 heteroatoms. The minimum atomic E-state index is -4.54. The number of hydrogen-bond acceptors (Lipinski definition) is 8. The summed E-state index contributed by atoms with van der Waals surface area (Å²) < 4.78 is 62.8. The van der Waals surface area contributed by atoms with Gasteiger partial charge in [0.1, 0.15) is 6.54 Å². The van der Waals surface area contributed by atoms with Gasteiger partial charge in [0.25, 0.3) is 5.91 Å². The molecule has 5 rings (SSSR count). The largest absolute Gasteiger partial charge is 0.406 e. The number of aliphatic imine (C=N–C) groups is 1. The summed E-state index contributed by atoms with van der Waals surface area (Å²) >= 11 is 0. The van der Waals surface area contributed by atoms with Gasteiger partial charge in [-0.1, -0.05) is 16.4 Å². The van der Waals surface area contributed by atoms with Gasteiger partial charge in [-0.15, -0.1) is 5.10 Å². The first-order chi connectivity index (χ1) is 18.1. The number of carbonyl (C=O) groups is 1. The summed E-state index contributed by atoms with van der Waals surface area (Å²) in [7, 11) is 3.42.